The van der Waals surface area contributed by atoms with Gasteiger partial charge in [-0.25, -0.2) is 0 Å². The molecule has 0 radical (unpaired) electrons. The first kappa shape index (κ1) is 15.8. The number of benzene rings is 2. The molecule has 2 aromatic rings. The second-order valence-electron chi connectivity index (χ2n) is 6.09. The first-order valence-electron chi connectivity index (χ1n) is 7.97. The van der Waals surface area contributed by atoms with Crippen LogP contribution in [0.25, 0.3) is 11.1 Å². The SMILES string of the molecule is CCc1ccc(-c2ccc(CC(C)(CC)NC)cc2)cc1. The molecule has 0 saturated heterocycles. The molecule has 1 heteroatoms. The lowest BCUT2D eigenvalue weighted by molar-refractivity contribution is 0.369. The maximum absolute atomic E-state index is 3.44. The van der Waals surface area contributed by atoms with Crippen LogP contribution in [0.1, 0.15) is 38.3 Å². The van der Waals surface area contributed by atoms with Crippen LogP contribution < -0.4 is 5.32 Å². The van der Waals surface area contributed by atoms with Crippen molar-refractivity contribution in [3.63, 3.8) is 0 Å². The fourth-order valence-corrected chi connectivity index (χ4v) is 2.59. The van der Waals surface area contributed by atoms with Gasteiger partial charge in [0, 0.05) is 5.54 Å². The minimum Gasteiger partial charge on any atom is -0.314 e. The van der Waals surface area contributed by atoms with E-state index >= 15 is 0 Å². The Balaban J connectivity index is 2.14. The number of hydrogen-bond acceptors (Lipinski definition) is 1. The van der Waals surface area contributed by atoms with Crippen LogP contribution in [0.4, 0.5) is 0 Å². The van der Waals surface area contributed by atoms with Gasteiger partial charge in [0.25, 0.3) is 0 Å². The van der Waals surface area contributed by atoms with Gasteiger partial charge in [-0.2, -0.15) is 0 Å². The van der Waals surface area contributed by atoms with E-state index in [0.717, 1.165) is 19.3 Å². The molecule has 0 amide bonds. The monoisotopic (exact) mass is 281 g/mol. The molecule has 0 aliphatic rings. The van der Waals surface area contributed by atoms with Crippen molar-refractivity contribution in [1.29, 1.82) is 0 Å². The quantitative estimate of drug-likeness (QED) is 0.798. The van der Waals surface area contributed by atoms with Crippen molar-refractivity contribution in [2.24, 2.45) is 0 Å². The lowest BCUT2D eigenvalue weighted by Crippen LogP contribution is -2.41. The van der Waals surface area contributed by atoms with Crippen LogP contribution >= 0.6 is 0 Å². The molecule has 0 bridgehead atoms. The largest absolute Gasteiger partial charge is 0.314 e. The van der Waals surface area contributed by atoms with E-state index in [9.17, 15) is 0 Å². The molecular formula is C20H27N. The molecule has 0 aromatic heterocycles. The molecule has 1 nitrogen and oxygen atoms in total. The predicted molar refractivity (Wildman–Crippen MR) is 92.7 cm³/mol. The molecule has 21 heavy (non-hydrogen) atoms. The Morgan fingerprint density at radius 2 is 1.29 bits per heavy atom. The summed E-state index contributed by atoms with van der Waals surface area (Å²) >= 11 is 0. The molecule has 0 aliphatic carbocycles. The minimum atomic E-state index is 0.185. The molecule has 2 aromatic carbocycles. The van der Waals surface area contributed by atoms with E-state index in [1.807, 2.05) is 7.05 Å². The molecule has 0 fully saturated rings. The highest BCUT2D eigenvalue weighted by molar-refractivity contribution is 5.64. The van der Waals surface area contributed by atoms with Crippen LogP contribution in [0.2, 0.25) is 0 Å². The fraction of sp³-hybridized carbons (Fsp3) is 0.400. The summed E-state index contributed by atoms with van der Waals surface area (Å²) in [5, 5.41) is 3.44. The second-order valence-corrected chi connectivity index (χ2v) is 6.09. The second kappa shape index (κ2) is 6.91. The first-order chi connectivity index (χ1) is 10.1. The van der Waals surface area contributed by atoms with Gasteiger partial charge in [-0.1, -0.05) is 62.4 Å². The molecule has 1 atom stereocenters. The van der Waals surface area contributed by atoms with Gasteiger partial charge in [0.2, 0.25) is 0 Å². The Hall–Kier alpha value is -1.60. The van der Waals surface area contributed by atoms with Crippen LogP contribution in [0.15, 0.2) is 48.5 Å². The van der Waals surface area contributed by atoms with Gasteiger partial charge in [0.15, 0.2) is 0 Å². The van der Waals surface area contributed by atoms with Crippen molar-refractivity contribution < 1.29 is 0 Å². The molecule has 1 unspecified atom stereocenters. The fourth-order valence-electron chi connectivity index (χ4n) is 2.59. The molecule has 0 heterocycles. The third kappa shape index (κ3) is 3.95. The average molecular weight is 281 g/mol. The Morgan fingerprint density at radius 1 is 0.810 bits per heavy atom. The average Bonchev–Trinajstić information content (AvgIpc) is 2.55. The number of hydrogen-bond donors (Lipinski definition) is 1. The lowest BCUT2D eigenvalue weighted by atomic mass is 9.89. The highest BCUT2D eigenvalue weighted by Gasteiger charge is 2.19. The minimum absolute atomic E-state index is 0.185. The van der Waals surface area contributed by atoms with Crippen molar-refractivity contribution in [3.8, 4) is 11.1 Å². The normalized spacial score (nSPS) is 13.9. The van der Waals surface area contributed by atoms with Gasteiger partial charge in [0.1, 0.15) is 0 Å². The highest BCUT2D eigenvalue weighted by Crippen LogP contribution is 2.23. The lowest BCUT2D eigenvalue weighted by Gasteiger charge is -2.28. The molecular weight excluding hydrogens is 254 g/mol. The molecule has 112 valence electrons. The summed E-state index contributed by atoms with van der Waals surface area (Å²) < 4.78 is 0. The van der Waals surface area contributed by atoms with Gasteiger partial charge in [-0.3, -0.25) is 0 Å². The maximum Gasteiger partial charge on any atom is 0.0188 e. The summed E-state index contributed by atoms with van der Waals surface area (Å²) in [5.74, 6) is 0. The summed E-state index contributed by atoms with van der Waals surface area (Å²) in [6.07, 6.45) is 3.29. The highest BCUT2D eigenvalue weighted by atomic mass is 14.9. The summed E-state index contributed by atoms with van der Waals surface area (Å²) in [7, 11) is 2.05. The van der Waals surface area contributed by atoms with Gasteiger partial charge < -0.3 is 5.32 Å². The molecule has 2 rings (SSSR count). The van der Waals surface area contributed by atoms with Gasteiger partial charge >= 0.3 is 0 Å². The molecule has 0 aliphatic heterocycles. The standard InChI is InChI=1S/C20H27N/c1-5-16-7-11-18(12-8-16)19-13-9-17(10-14-19)15-20(3,6-2)21-4/h7-14,21H,5-6,15H2,1-4H3. The van der Waals surface area contributed by atoms with E-state index < -0.39 is 0 Å². The summed E-state index contributed by atoms with van der Waals surface area (Å²) in [5.41, 5.74) is 5.56. The third-order valence-corrected chi connectivity index (χ3v) is 4.63. The van der Waals surface area contributed by atoms with E-state index in [-0.39, 0.29) is 5.54 Å². The van der Waals surface area contributed by atoms with Crippen molar-refractivity contribution in [1.82, 2.24) is 5.32 Å². The molecule has 0 saturated carbocycles. The predicted octanol–water partition coefficient (Wildman–Crippen LogP) is 4.85. The smallest absolute Gasteiger partial charge is 0.0188 e. The van der Waals surface area contributed by atoms with Gasteiger partial charge in [-0.15, -0.1) is 0 Å². The van der Waals surface area contributed by atoms with E-state index in [4.69, 9.17) is 0 Å². The van der Waals surface area contributed by atoms with Crippen molar-refractivity contribution in [3.05, 3.63) is 59.7 Å². The zero-order valence-electron chi connectivity index (χ0n) is 13.7. The molecule has 1 N–H and O–H groups in total. The number of likely N-dealkylation sites (N-methyl/N-ethyl adjacent to an activating group) is 1. The molecule has 0 spiro atoms. The van der Waals surface area contributed by atoms with Crippen LogP contribution in [-0.4, -0.2) is 12.6 Å². The Morgan fingerprint density at radius 3 is 1.67 bits per heavy atom. The van der Waals surface area contributed by atoms with E-state index in [1.165, 1.54) is 22.3 Å². The van der Waals surface area contributed by atoms with Gasteiger partial charge in [-0.05, 0) is 55.5 Å². The van der Waals surface area contributed by atoms with E-state index in [2.05, 4.69) is 74.6 Å². The van der Waals surface area contributed by atoms with Crippen LogP contribution in [0.3, 0.4) is 0 Å². The van der Waals surface area contributed by atoms with Crippen molar-refractivity contribution >= 4 is 0 Å². The zero-order valence-corrected chi connectivity index (χ0v) is 13.7. The first-order valence-corrected chi connectivity index (χ1v) is 7.97. The van der Waals surface area contributed by atoms with Crippen LogP contribution in [0, 0.1) is 0 Å². The van der Waals surface area contributed by atoms with E-state index in [0.29, 0.717) is 0 Å². The summed E-state index contributed by atoms with van der Waals surface area (Å²) in [4.78, 5) is 0. The Bertz CT molecular complexity index is 547. The zero-order chi connectivity index (χ0) is 15.3. The number of nitrogens with one attached hydrogen (secondary N) is 1. The van der Waals surface area contributed by atoms with Crippen LogP contribution in [0.5, 0.6) is 0 Å². The van der Waals surface area contributed by atoms with Crippen molar-refractivity contribution in [2.75, 3.05) is 7.05 Å². The summed E-state index contributed by atoms with van der Waals surface area (Å²) in [6.45, 7) is 6.71. The number of aryl methyl sites for hydroxylation is 1. The van der Waals surface area contributed by atoms with Gasteiger partial charge in [0.05, 0.1) is 0 Å². The van der Waals surface area contributed by atoms with Crippen LogP contribution in [-0.2, 0) is 12.8 Å². The van der Waals surface area contributed by atoms with E-state index in [1.54, 1.807) is 0 Å². The maximum atomic E-state index is 3.44. The summed E-state index contributed by atoms with van der Waals surface area (Å²) in [6, 6.07) is 17.9. The third-order valence-electron chi connectivity index (χ3n) is 4.63. The Kier molecular flexibility index (Phi) is 5.19. The topological polar surface area (TPSA) is 12.0 Å². The Labute approximate surface area is 129 Å². The van der Waals surface area contributed by atoms with Crippen molar-refractivity contribution in [2.45, 2.75) is 45.6 Å². The number of rotatable bonds is 6.